The number of nitrogens with one attached hydrogen (secondary N) is 1. The second kappa shape index (κ2) is 8.80. The molecule has 1 aliphatic heterocycles. The van der Waals surface area contributed by atoms with Crippen molar-refractivity contribution in [3.05, 3.63) is 64.2 Å². The lowest BCUT2D eigenvalue weighted by Crippen LogP contribution is -2.40. The average Bonchev–Trinajstić information content (AvgIpc) is 2.66. The van der Waals surface area contributed by atoms with Crippen LogP contribution >= 0.6 is 11.6 Å². The van der Waals surface area contributed by atoms with Gasteiger partial charge in [0, 0.05) is 5.92 Å². The maximum atomic E-state index is 13.8. The van der Waals surface area contributed by atoms with Crippen LogP contribution in [0.15, 0.2) is 36.4 Å². The van der Waals surface area contributed by atoms with Gasteiger partial charge in [0.2, 0.25) is 5.91 Å². The summed E-state index contributed by atoms with van der Waals surface area (Å²) >= 11 is 6.13. The van der Waals surface area contributed by atoms with Crippen molar-refractivity contribution in [3.63, 3.8) is 0 Å². The zero-order valence-corrected chi connectivity index (χ0v) is 16.2. The first-order valence-electron chi connectivity index (χ1n) is 9.11. The quantitative estimate of drug-likeness (QED) is 0.746. The van der Waals surface area contributed by atoms with Gasteiger partial charge in [-0.1, -0.05) is 17.7 Å². The number of ketones is 1. The highest BCUT2D eigenvalue weighted by atomic mass is 35.5. The number of carbonyl (C=O) groups excluding carboxylic acids is 2. The van der Waals surface area contributed by atoms with Crippen LogP contribution in [0, 0.1) is 24.5 Å². The fraction of sp³-hybridized carbons (Fsp3) is 0.333. The Morgan fingerprint density at radius 1 is 1.14 bits per heavy atom. The van der Waals surface area contributed by atoms with E-state index in [1.165, 1.54) is 0 Å². The lowest BCUT2D eigenvalue weighted by atomic mass is 9.88. The molecule has 0 bridgehead atoms. The molecular weight excluding hydrogens is 386 g/mol. The molecule has 0 saturated carbocycles. The topological polar surface area (TPSA) is 49.4 Å². The van der Waals surface area contributed by atoms with Gasteiger partial charge in [0.05, 0.1) is 22.8 Å². The molecular formula is C21H21ClF2N2O2. The number of anilines is 1. The fourth-order valence-electron chi connectivity index (χ4n) is 3.37. The van der Waals surface area contributed by atoms with E-state index in [0.717, 1.165) is 23.8 Å². The van der Waals surface area contributed by atoms with Crippen LogP contribution in [0.4, 0.5) is 14.5 Å². The van der Waals surface area contributed by atoms with Gasteiger partial charge in [-0.15, -0.1) is 0 Å². The predicted molar refractivity (Wildman–Crippen MR) is 105 cm³/mol. The van der Waals surface area contributed by atoms with E-state index in [0.29, 0.717) is 36.6 Å². The minimum absolute atomic E-state index is 0.180. The molecule has 1 fully saturated rings. The maximum absolute atomic E-state index is 13.8. The van der Waals surface area contributed by atoms with Gasteiger partial charge in [0.15, 0.2) is 5.78 Å². The van der Waals surface area contributed by atoms with Crippen molar-refractivity contribution in [1.82, 2.24) is 4.90 Å². The molecule has 0 spiro atoms. The van der Waals surface area contributed by atoms with Crippen LogP contribution in [-0.2, 0) is 4.79 Å². The van der Waals surface area contributed by atoms with Gasteiger partial charge in [0.25, 0.3) is 0 Å². The Kier molecular flexibility index (Phi) is 6.42. The Balaban J connectivity index is 1.53. The normalized spacial score (nSPS) is 15.4. The summed E-state index contributed by atoms with van der Waals surface area (Å²) in [6.07, 6.45) is 0.987. The number of hydrogen-bond acceptors (Lipinski definition) is 3. The summed E-state index contributed by atoms with van der Waals surface area (Å²) in [5.41, 5.74) is 1.36. The summed E-state index contributed by atoms with van der Waals surface area (Å²) in [5.74, 6) is -2.28. The third-order valence-corrected chi connectivity index (χ3v) is 5.23. The molecule has 0 aromatic heterocycles. The van der Waals surface area contributed by atoms with Crippen LogP contribution in [0.25, 0.3) is 0 Å². The first-order valence-corrected chi connectivity index (χ1v) is 9.49. The van der Waals surface area contributed by atoms with E-state index in [9.17, 15) is 18.4 Å². The van der Waals surface area contributed by atoms with Gasteiger partial charge in [-0.3, -0.25) is 14.5 Å². The van der Waals surface area contributed by atoms with Gasteiger partial charge in [0.1, 0.15) is 11.6 Å². The highest BCUT2D eigenvalue weighted by Crippen LogP contribution is 2.25. The Labute approximate surface area is 167 Å². The number of aryl methyl sites for hydroxylation is 1. The Hall–Kier alpha value is -2.31. The number of benzene rings is 2. The average molecular weight is 407 g/mol. The molecule has 0 unspecified atom stereocenters. The second-order valence-corrected chi connectivity index (χ2v) is 7.48. The number of Topliss-reactive ketones (excluding diaryl/α,β-unsaturated/α-hetero) is 1. The smallest absolute Gasteiger partial charge is 0.238 e. The highest BCUT2D eigenvalue weighted by Gasteiger charge is 2.28. The van der Waals surface area contributed by atoms with Crippen molar-refractivity contribution in [2.24, 2.45) is 5.92 Å². The first kappa shape index (κ1) is 20.4. The van der Waals surface area contributed by atoms with Crippen LogP contribution in [0.3, 0.4) is 0 Å². The van der Waals surface area contributed by atoms with Crippen molar-refractivity contribution < 1.29 is 18.4 Å². The van der Waals surface area contributed by atoms with Gasteiger partial charge in [-0.2, -0.15) is 0 Å². The SMILES string of the molecule is Cc1ccc(NC(=O)CN2CCC(C(=O)c3cc(F)ccc3F)CC2)c(Cl)c1. The number of halogens is 3. The van der Waals surface area contributed by atoms with E-state index in [1.54, 1.807) is 12.1 Å². The van der Waals surface area contributed by atoms with Crippen molar-refractivity contribution in [2.45, 2.75) is 19.8 Å². The number of likely N-dealkylation sites (tertiary alicyclic amines) is 1. The molecule has 7 heteroatoms. The molecule has 1 saturated heterocycles. The molecule has 148 valence electrons. The first-order chi connectivity index (χ1) is 13.3. The van der Waals surface area contributed by atoms with E-state index < -0.39 is 11.6 Å². The van der Waals surface area contributed by atoms with E-state index in [4.69, 9.17) is 11.6 Å². The lowest BCUT2D eigenvalue weighted by Gasteiger charge is -2.30. The largest absolute Gasteiger partial charge is 0.324 e. The van der Waals surface area contributed by atoms with Crippen LogP contribution in [-0.4, -0.2) is 36.2 Å². The standard InChI is InChI=1S/C21H21ClF2N2O2/c1-13-2-5-19(17(22)10-13)25-20(27)12-26-8-6-14(7-9-26)21(28)16-11-15(23)3-4-18(16)24/h2-5,10-11,14H,6-9,12H2,1H3,(H,25,27). The molecule has 0 radical (unpaired) electrons. The molecule has 1 amide bonds. The lowest BCUT2D eigenvalue weighted by molar-refractivity contribution is -0.117. The number of amides is 1. The van der Waals surface area contributed by atoms with Gasteiger partial charge >= 0.3 is 0 Å². The molecule has 4 nitrogen and oxygen atoms in total. The molecule has 2 aromatic rings. The molecule has 3 rings (SSSR count). The highest BCUT2D eigenvalue weighted by molar-refractivity contribution is 6.33. The fourth-order valence-corrected chi connectivity index (χ4v) is 3.66. The monoisotopic (exact) mass is 406 g/mol. The van der Waals surface area contributed by atoms with Crippen LogP contribution in [0.5, 0.6) is 0 Å². The summed E-state index contributed by atoms with van der Waals surface area (Å²) in [6, 6.07) is 8.31. The predicted octanol–water partition coefficient (Wildman–Crippen LogP) is 4.46. The summed E-state index contributed by atoms with van der Waals surface area (Å²) < 4.78 is 27.2. The number of rotatable bonds is 5. The summed E-state index contributed by atoms with van der Waals surface area (Å²) in [4.78, 5) is 26.7. The van der Waals surface area contributed by atoms with Crippen LogP contribution < -0.4 is 5.32 Å². The van der Waals surface area contributed by atoms with Crippen LogP contribution in [0.2, 0.25) is 5.02 Å². The Bertz CT molecular complexity index is 896. The molecule has 0 aliphatic carbocycles. The minimum Gasteiger partial charge on any atom is -0.324 e. The van der Waals surface area contributed by atoms with Crippen molar-refractivity contribution in [3.8, 4) is 0 Å². The number of nitrogens with zero attached hydrogens (tertiary/aromatic N) is 1. The van der Waals surface area contributed by atoms with Crippen molar-refractivity contribution in [1.29, 1.82) is 0 Å². The maximum Gasteiger partial charge on any atom is 0.238 e. The number of hydrogen-bond donors (Lipinski definition) is 1. The second-order valence-electron chi connectivity index (χ2n) is 7.07. The van der Waals surface area contributed by atoms with Gasteiger partial charge in [-0.05, 0) is 68.8 Å². The van der Waals surface area contributed by atoms with Crippen molar-refractivity contribution >= 4 is 29.0 Å². The number of piperidine rings is 1. The third kappa shape index (κ3) is 4.94. The van der Waals surface area contributed by atoms with E-state index in [1.807, 2.05) is 17.9 Å². The Morgan fingerprint density at radius 3 is 2.54 bits per heavy atom. The summed E-state index contributed by atoms with van der Waals surface area (Å²) in [5, 5.41) is 3.27. The van der Waals surface area contributed by atoms with E-state index >= 15 is 0 Å². The van der Waals surface area contributed by atoms with Crippen molar-refractivity contribution in [2.75, 3.05) is 25.0 Å². The van der Waals surface area contributed by atoms with Gasteiger partial charge < -0.3 is 5.32 Å². The minimum atomic E-state index is -0.705. The Morgan fingerprint density at radius 2 is 1.86 bits per heavy atom. The van der Waals surface area contributed by atoms with E-state index in [-0.39, 0.29) is 29.7 Å². The molecule has 1 heterocycles. The summed E-state index contributed by atoms with van der Waals surface area (Å²) in [6.45, 7) is 3.16. The zero-order valence-electron chi connectivity index (χ0n) is 15.5. The summed E-state index contributed by atoms with van der Waals surface area (Å²) in [7, 11) is 0. The zero-order chi connectivity index (χ0) is 20.3. The molecule has 1 N–H and O–H groups in total. The number of carbonyl (C=O) groups is 2. The molecule has 0 atom stereocenters. The molecule has 1 aliphatic rings. The molecule has 2 aromatic carbocycles. The van der Waals surface area contributed by atoms with Crippen LogP contribution in [0.1, 0.15) is 28.8 Å². The molecule has 28 heavy (non-hydrogen) atoms. The van der Waals surface area contributed by atoms with E-state index in [2.05, 4.69) is 5.32 Å². The third-order valence-electron chi connectivity index (χ3n) is 4.92. The van der Waals surface area contributed by atoms with Gasteiger partial charge in [-0.25, -0.2) is 8.78 Å².